The van der Waals surface area contributed by atoms with Gasteiger partial charge in [0.15, 0.2) is 11.7 Å². The summed E-state index contributed by atoms with van der Waals surface area (Å²) < 4.78 is 20.7. The van der Waals surface area contributed by atoms with E-state index >= 15 is 0 Å². The zero-order valence-corrected chi connectivity index (χ0v) is 17.1. The van der Waals surface area contributed by atoms with Gasteiger partial charge in [0.25, 0.3) is 0 Å². The second kappa shape index (κ2) is 9.91. The Balaban J connectivity index is 1.67. The van der Waals surface area contributed by atoms with Crippen LogP contribution in [0.1, 0.15) is 24.0 Å². The molecular formula is C20H19N4O6P. The van der Waals surface area contributed by atoms with Crippen molar-refractivity contribution in [1.29, 1.82) is 0 Å². The number of phosphoric acid groups is 1. The van der Waals surface area contributed by atoms with Crippen molar-refractivity contribution >= 4 is 25.6 Å². The van der Waals surface area contributed by atoms with E-state index < -0.39 is 13.9 Å². The van der Waals surface area contributed by atoms with Crippen LogP contribution in [0.4, 0.5) is 4.79 Å². The first kappa shape index (κ1) is 22.1. The summed E-state index contributed by atoms with van der Waals surface area (Å²) in [5, 5.41) is 9.38. The number of nitrogens with zero attached hydrogens (tertiary/aromatic N) is 3. The number of amides is 1. The highest BCUT2D eigenvalue weighted by Gasteiger charge is 2.26. The fourth-order valence-electron chi connectivity index (χ4n) is 2.55. The number of hydrazine groups is 1. The molecule has 1 heterocycles. The third-order valence-electron chi connectivity index (χ3n) is 3.97. The van der Waals surface area contributed by atoms with Gasteiger partial charge in [0, 0.05) is 18.4 Å². The number of hydrogen-bond donors (Lipinski definition) is 3. The molecule has 10 nitrogen and oxygen atoms in total. The molecule has 3 rings (SSSR count). The van der Waals surface area contributed by atoms with Crippen molar-refractivity contribution in [3.63, 3.8) is 0 Å². The van der Waals surface area contributed by atoms with Crippen LogP contribution in [0.5, 0.6) is 5.75 Å². The van der Waals surface area contributed by atoms with E-state index in [-0.39, 0.29) is 12.4 Å². The standard InChI is InChI=1S/C20H19N4O6P/c1-2-3-9-18-21-22-19(16-7-5-4-6-8-16)23-24(18)20(25)29-14-15-10-12-17(13-11-15)30-31(26,27)28/h1,4-8,10-13H,3,9,14H2,(H,22,23)(H2,26,27,28). The Hall–Kier alpha value is -3.64. The average molecular weight is 442 g/mol. The summed E-state index contributed by atoms with van der Waals surface area (Å²) in [4.78, 5) is 30.4. The van der Waals surface area contributed by atoms with Crippen LogP contribution >= 0.6 is 7.82 Å². The van der Waals surface area contributed by atoms with E-state index in [4.69, 9.17) is 20.9 Å². The Morgan fingerprint density at radius 2 is 1.84 bits per heavy atom. The number of carbonyl (C=O) groups excluding carboxylic acids is 1. The molecule has 11 heteroatoms. The number of phosphoric ester groups is 1. The van der Waals surface area contributed by atoms with Crippen molar-refractivity contribution < 1.29 is 28.4 Å². The lowest BCUT2D eigenvalue weighted by Crippen LogP contribution is -2.52. The number of nitrogens with one attached hydrogen (secondary N) is 1. The van der Waals surface area contributed by atoms with Crippen molar-refractivity contribution in [2.75, 3.05) is 0 Å². The van der Waals surface area contributed by atoms with Crippen LogP contribution in [-0.2, 0) is 15.9 Å². The molecule has 0 atom stereocenters. The second-order valence-corrected chi connectivity index (χ2v) is 7.43. The van der Waals surface area contributed by atoms with Crippen molar-refractivity contribution in [2.24, 2.45) is 10.2 Å². The third kappa shape index (κ3) is 6.42. The van der Waals surface area contributed by atoms with E-state index in [1.165, 1.54) is 24.3 Å². The first-order valence-electron chi connectivity index (χ1n) is 9.07. The lowest BCUT2D eigenvalue weighted by Gasteiger charge is -2.27. The van der Waals surface area contributed by atoms with Gasteiger partial charge in [0.05, 0.1) is 0 Å². The quantitative estimate of drug-likeness (QED) is 0.444. The number of terminal acetylenes is 1. The molecule has 0 bridgehead atoms. The van der Waals surface area contributed by atoms with E-state index in [2.05, 4.69) is 26.1 Å². The van der Waals surface area contributed by atoms with Gasteiger partial charge in [-0.3, -0.25) is 15.2 Å². The summed E-state index contributed by atoms with van der Waals surface area (Å²) in [7, 11) is -4.64. The Morgan fingerprint density at radius 3 is 2.48 bits per heavy atom. The van der Waals surface area contributed by atoms with Gasteiger partial charge in [-0.1, -0.05) is 42.5 Å². The van der Waals surface area contributed by atoms with Crippen LogP contribution in [0.25, 0.3) is 0 Å². The summed E-state index contributed by atoms with van der Waals surface area (Å²) in [5.41, 5.74) is 4.22. The van der Waals surface area contributed by atoms with Gasteiger partial charge in [-0.25, -0.2) is 9.36 Å². The van der Waals surface area contributed by atoms with Crippen molar-refractivity contribution in [2.45, 2.75) is 19.4 Å². The van der Waals surface area contributed by atoms with Gasteiger partial charge in [-0.2, -0.15) is 5.01 Å². The second-order valence-electron chi connectivity index (χ2n) is 6.26. The van der Waals surface area contributed by atoms with Crippen molar-refractivity contribution in [3.8, 4) is 18.1 Å². The van der Waals surface area contributed by atoms with Crippen molar-refractivity contribution in [3.05, 3.63) is 65.7 Å². The number of rotatable bonds is 7. The predicted molar refractivity (Wildman–Crippen MR) is 113 cm³/mol. The van der Waals surface area contributed by atoms with Gasteiger partial charge in [0.1, 0.15) is 12.4 Å². The van der Waals surface area contributed by atoms with Gasteiger partial charge < -0.3 is 9.26 Å². The molecule has 0 aromatic heterocycles. The van der Waals surface area contributed by atoms with E-state index in [1.54, 1.807) is 0 Å². The monoisotopic (exact) mass is 442 g/mol. The van der Waals surface area contributed by atoms with Crippen LogP contribution in [0.15, 0.2) is 64.8 Å². The number of carbonyl (C=O) groups is 1. The molecule has 3 N–H and O–H groups in total. The molecule has 1 aliphatic heterocycles. The normalized spacial score (nSPS) is 13.4. The number of amidine groups is 2. The summed E-state index contributed by atoms with van der Waals surface area (Å²) in [6.07, 6.45) is 5.28. The third-order valence-corrected chi connectivity index (χ3v) is 4.42. The molecule has 0 unspecified atom stereocenters. The summed E-state index contributed by atoms with van der Waals surface area (Å²) in [6.45, 7) is -0.0898. The van der Waals surface area contributed by atoms with E-state index in [9.17, 15) is 9.36 Å². The zero-order chi connectivity index (χ0) is 22.3. The van der Waals surface area contributed by atoms with E-state index in [0.717, 1.165) is 10.6 Å². The number of ether oxygens (including phenoxy) is 1. The molecule has 2 aromatic rings. The lowest BCUT2D eigenvalue weighted by molar-refractivity contribution is 0.109. The summed E-state index contributed by atoms with van der Waals surface area (Å²) >= 11 is 0. The molecule has 0 saturated heterocycles. The molecule has 0 aliphatic carbocycles. The highest BCUT2D eigenvalue weighted by atomic mass is 31.2. The summed E-state index contributed by atoms with van der Waals surface area (Å²) in [6, 6.07) is 14.9. The van der Waals surface area contributed by atoms with Crippen LogP contribution < -0.4 is 9.95 Å². The largest absolute Gasteiger partial charge is 0.524 e. The Bertz CT molecular complexity index is 1070. The Morgan fingerprint density at radius 1 is 1.13 bits per heavy atom. The first-order chi connectivity index (χ1) is 14.9. The maximum atomic E-state index is 12.7. The highest BCUT2D eigenvalue weighted by Crippen LogP contribution is 2.37. The Kier molecular flexibility index (Phi) is 7.05. The summed E-state index contributed by atoms with van der Waals surface area (Å²) in [5.74, 6) is 3.18. The lowest BCUT2D eigenvalue weighted by atomic mass is 10.2. The smallest absolute Gasteiger partial charge is 0.443 e. The van der Waals surface area contributed by atoms with Crippen molar-refractivity contribution in [1.82, 2.24) is 10.4 Å². The molecular weight excluding hydrogens is 423 g/mol. The zero-order valence-electron chi connectivity index (χ0n) is 16.2. The molecule has 0 fully saturated rings. The molecule has 1 amide bonds. The Labute approximate surface area is 178 Å². The van der Waals surface area contributed by atoms with Crippen LogP contribution in [-0.4, -0.2) is 32.6 Å². The van der Waals surface area contributed by atoms with Gasteiger partial charge in [0.2, 0.25) is 0 Å². The highest BCUT2D eigenvalue weighted by molar-refractivity contribution is 7.46. The maximum absolute atomic E-state index is 12.7. The van der Waals surface area contributed by atoms with E-state index in [0.29, 0.717) is 30.1 Å². The average Bonchev–Trinajstić information content (AvgIpc) is 2.76. The molecule has 0 saturated carbocycles. The molecule has 0 radical (unpaired) electrons. The molecule has 31 heavy (non-hydrogen) atoms. The van der Waals surface area contributed by atoms with Crippen LogP contribution in [0.3, 0.4) is 0 Å². The predicted octanol–water partition coefficient (Wildman–Crippen LogP) is 2.79. The minimum atomic E-state index is -4.64. The number of benzene rings is 2. The molecule has 1 aliphatic rings. The maximum Gasteiger partial charge on any atom is 0.524 e. The SMILES string of the molecule is C#CCCC1=NN=C(c2ccccc2)NN1C(=O)OCc1ccc(OP(=O)(O)O)cc1. The molecule has 2 aromatic carbocycles. The molecule has 160 valence electrons. The molecule has 0 spiro atoms. The van der Waals surface area contributed by atoms with Crippen LogP contribution in [0.2, 0.25) is 0 Å². The fraction of sp³-hybridized carbons (Fsp3) is 0.150. The number of hydrogen-bond acceptors (Lipinski definition) is 7. The van der Waals surface area contributed by atoms with Crippen LogP contribution in [0, 0.1) is 12.3 Å². The van der Waals surface area contributed by atoms with Gasteiger partial charge in [-0.15, -0.1) is 22.5 Å². The topological polar surface area (TPSA) is 133 Å². The minimum absolute atomic E-state index is 0.00599. The van der Waals surface area contributed by atoms with E-state index in [1.807, 2.05) is 30.3 Å². The van der Waals surface area contributed by atoms with Gasteiger partial charge in [-0.05, 0) is 17.7 Å². The fourth-order valence-corrected chi connectivity index (χ4v) is 2.95. The first-order valence-corrected chi connectivity index (χ1v) is 10.6. The van der Waals surface area contributed by atoms with Gasteiger partial charge >= 0.3 is 13.9 Å². The minimum Gasteiger partial charge on any atom is -0.443 e.